The molecule has 0 spiro atoms. The van der Waals surface area contributed by atoms with E-state index in [1.807, 2.05) is 30.0 Å². The highest BCUT2D eigenvalue weighted by molar-refractivity contribution is 8.00. The molecule has 0 aromatic heterocycles. The van der Waals surface area contributed by atoms with Gasteiger partial charge in [-0.25, -0.2) is 0 Å². The number of benzene rings is 1. The minimum Gasteiger partial charge on any atom is -0.369 e. The van der Waals surface area contributed by atoms with Gasteiger partial charge in [-0.2, -0.15) is 11.8 Å². The summed E-state index contributed by atoms with van der Waals surface area (Å²) in [5.41, 5.74) is 1.15. The second kappa shape index (κ2) is 9.02. The first-order chi connectivity index (χ1) is 11.7. The number of ether oxygens (including phenoxy) is 1. The third-order valence-corrected chi connectivity index (χ3v) is 6.61. The van der Waals surface area contributed by atoms with Crippen LogP contribution in [0.3, 0.4) is 0 Å². The standard InChI is InChI=1S/C20H29NO2S/c1-15-9-10-17(13-21-15)23-14-20(22)19(12-18-8-5-11-24-18)16-6-3-2-4-7-16/h2-4,6-7,15,17-19,21H,5,8-14H2,1H3. The zero-order valence-corrected chi connectivity index (χ0v) is 15.4. The lowest BCUT2D eigenvalue weighted by molar-refractivity contribution is -0.127. The Morgan fingerprint density at radius 3 is 2.79 bits per heavy atom. The van der Waals surface area contributed by atoms with Crippen LogP contribution in [0.1, 0.15) is 50.5 Å². The number of hydrogen-bond donors (Lipinski definition) is 1. The Morgan fingerprint density at radius 2 is 2.12 bits per heavy atom. The van der Waals surface area contributed by atoms with E-state index in [2.05, 4.69) is 24.4 Å². The molecular formula is C20H29NO2S. The SMILES string of the molecule is CC1CCC(OCC(=O)C(CC2CCCS2)c2ccccc2)CN1. The molecule has 2 fully saturated rings. The van der Waals surface area contributed by atoms with Crippen molar-refractivity contribution in [3.05, 3.63) is 35.9 Å². The van der Waals surface area contributed by atoms with Gasteiger partial charge in [-0.1, -0.05) is 30.3 Å². The molecule has 4 atom stereocenters. The third-order valence-electron chi connectivity index (χ3n) is 5.19. The Bertz CT molecular complexity index is 508. The lowest BCUT2D eigenvalue weighted by atomic mass is 9.89. The molecule has 132 valence electrons. The lowest BCUT2D eigenvalue weighted by Gasteiger charge is -2.28. The summed E-state index contributed by atoms with van der Waals surface area (Å²) in [7, 11) is 0. The summed E-state index contributed by atoms with van der Waals surface area (Å²) in [4.78, 5) is 12.9. The highest BCUT2D eigenvalue weighted by atomic mass is 32.2. The van der Waals surface area contributed by atoms with Crippen LogP contribution in [0.5, 0.6) is 0 Å². The van der Waals surface area contributed by atoms with Crippen LogP contribution < -0.4 is 5.32 Å². The van der Waals surface area contributed by atoms with Crippen LogP contribution >= 0.6 is 11.8 Å². The molecule has 0 radical (unpaired) electrons. The molecule has 1 aromatic rings. The van der Waals surface area contributed by atoms with Crippen molar-refractivity contribution in [3.63, 3.8) is 0 Å². The van der Waals surface area contributed by atoms with E-state index in [9.17, 15) is 4.79 Å². The third kappa shape index (κ3) is 5.08. The minimum absolute atomic E-state index is 0.0164. The number of nitrogens with one attached hydrogen (secondary N) is 1. The van der Waals surface area contributed by atoms with Crippen LogP contribution in [0.15, 0.2) is 30.3 Å². The Morgan fingerprint density at radius 1 is 1.29 bits per heavy atom. The Labute approximate surface area is 149 Å². The zero-order chi connectivity index (χ0) is 16.8. The van der Waals surface area contributed by atoms with Gasteiger partial charge in [0.2, 0.25) is 0 Å². The molecular weight excluding hydrogens is 318 g/mol. The maximum Gasteiger partial charge on any atom is 0.165 e. The van der Waals surface area contributed by atoms with Gasteiger partial charge in [0.25, 0.3) is 0 Å². The van der Waals surface area contributed by atoms with Crippen molar-refractivity contribution in [3.8, 4) is 0 Å². The first kappa shape index (κ1) is 18.0. The number of hydrogen-bond acceptors (Lipinski definition) is 4. The number of carbonyl (C=O) groups excluding carboxylic acids is 1. The van der Waals surface area contributed by atoms with E-state index in [0.717, 1.165) is 31.4 Å². The first-order valence-electron chi connectivity index (χ1n) is 9.26. The second-order valence-electron chi connectivity index (χ2n) is 7.12. The predicted octanol–water partition coefficient (Wildman–Crippen LogP) is 3.78. The quantitative estimate of drug-likeness (QED) is 0.814. The number of rotatable bonds is 7. The number of ketones is 1. The number of thioether (sulfide) groups is 1. The van der Waals surface area contributed by atoms with E-state index in [0.29, 0.717) is 11.3 Å². The second-order valence-corrected chi connectivity index (χ2v) is 8.53. The van der Waals surface area contributed by atoms with Crippen LogP contribution in [0.25, 0.3) is 0 Å². The van der Waals surface area contributed by atoms with Crippen molar-refractivity contribution in [1.29, 1.82) is 0 Å². The highest BCUT2D eigenvalue weighted by Gasteiger charge is 2.28. The molecule has 2 heterocycles. The first-order valence-corrected chi connectivity index (χ1v) is 10.3. The van der Waals surface area contributed by atoms with Crippen LogP contribution in [-0.2, 0) is 9.53 Å². The lowest BCUT2D eigenvalue weighted by Crippen LogP contribution is -2.41. The van der Waals surface area contributed by atoms with E-state index in [-0.39, 0.29) is 24.4 Å². The van der Waals surface area contributed by atoms with Gasteiger partial charge in [-0.15, -0.1) is 0 Å². The summed E-state index contributed by atoms with van der Waals surface area (Å²) >= 11 is 2.03. The normalized spacial score (nSPS) is 28.6. The highest BCUT2D eigenvalue weighted by Crippen LogP contribution is 2.35. The maximum absolute atomic E-state index is 12.9. The molecule has 1 aromatic carbocycles. The summed E-state index contributed by atoms with van der Waals surface area (Å²) in [5.74, 6) is 1.47. The van der Waals surface area contributed by atoms with E-state index in [4.69, 9.17) is 4.74 Å². The van der Waals surface area contributed by atoms with Gasteiger partial charge >= 0.3 is 0 Å². The van der Waals surface area contributed by atoms with Gasteiger partial charge in [0.15, 0.2) is 5.78 Å². The van der Waals surface area contributed by atoms with Gasteiger partial charge in [0.05, 0.1) is 6.10 Å². The molecule has 4 heteroatoms. The fraction of sp³-hybridized carbons (Fsp3) is 0.650. The average Bonchev–Trinajstić information content (AvgIpc) is 3.13. The van der Waals surface area contributed by atoms with Gasteiger partial charge in [-0.05, 0) is 50.3 Å². The zero-order valence-electron chi connectivity index (χ0n) is 14.6. The fourth-order valence-corrected chi connectivity index (χ4v) is 4.98. The molecule has 2 aliphatic rings. The van der Waals surface area contributed by atoms with E-state index in [1.165, 1.54) is 18.6 Å². The topological polar surface area (TPSA) is 38.3 Å². The summed E-state index contributed by atoms with van der Waals surface area (Å²) in [6.45, 7) is 3.31. The molecule has 2 saturated heterocycles. The van der Waals surface area contributed by atoms with Crippen molar-refractivity contribution >= 4 is 17.5 Å². The van der Waals surface area contributed by atoms with Crippen LogP contribution in [0.4, 0.5) is 0 Å². The van der Waals surface area contributed by atoms with Crippen molar-refractivity contribution < 1.29 is 9.53 Å². The monoisotopic (exact) mass is 347 g/mol. The number of carbonyl (C=O) groups is 1. The molecule has 0 aliphatic carbocycles. The predicted molar refractivity (Wildman–Crippen MR) is 101 cm³/mol. The van der Waals surface area contributed by atoms with Crippen LogP contribution in [-0.4, -0.2) is 42.1 Å². The maximum atomic E-state index is 12.9. The van der Waals surface area contributed by atoms with Crippen molar-refractivity contribution in [1.82, 2.24) is 5.32 Å². The largest absolute Gasteiger partial charge is 0.369 e. The Balaban J connectivity index is 1.58. The molecule has 24 heavy (non-hydrogen) atoms. The molecule has 1 N–H and O–H groups in total. The summed E-state index contributed by atoms with van der Waals surface area (Å²) in [6, 6.07) is 10.8. The number of Topliss-reactive ketones (excluding diaryl/α,β-unsaturated/α-hetero) is 1. The Kier molecular flexibility index (Phi) is 6.75. The summed E-state index contributed by atoms with van der Waals surface area (Å²) in [6.07, 6.45) is 5.84. The van der Waals surface area contributed by atoms with Gasteiger partial charge in [0, 0.05) is 23.8 Å². The fourth-order valence-electron chi connectivity index (χ4n) is 3.65. The minimum atomic E-state index is -0.0164. The molecule has 0 amide bonds. The van der Waals surface area contributed by atoms with Crippen molar-refractivity contribution in [2.75, 3.05) is 18.9 Å². The molecule has 4 unspecified atom stereocenters. The summed E-state index contributed by atoms with van der Waals surface area (Å²) < 4.78 is 5.94. The molecule has 2 aliphatic heterocycles. The van der Waals surface area contributed by atoms with Crippen LogP contribution in [0, 0.1) is 0 Å². The van der Waals surface area contributed by atoms with Gasteiger partial charge < -0.3 is 10.1 Å². The van der Waals surface area contributed by atoms with E-state index >= 15 is 0 Å². The van der Waals surface area contributed by atoms with Crippen LogP contribution in [0.2, 0.25) is 0 Å². The summed E-state index contributed by atoms with van der Waals surface area (Å²) in [5, 5.41) is 4.06. The van der Waals surface area contributed by atoms with Gasteiger partial charge in [-0.3, -0.25) is 4.79 Å². The van der Waals surface area contributed by atoms with E-state index in [1.54, 1.807) is 0 Å². The molecule has 0 saturated carbocycles. The molecule has 3 rings (SSSR count). The van der Waals surface area contributed by atoms with Crippen molar-refractivity contribution in [2.45, 2.75) is 62.3 Å². The molecule has 3 nitrogen and oxygen atoms in total. The average molecular weight is 348 g/mol. The smallest absolute Gasteiger partial charge is 0.165 e. The van der Waals surface area contributed by atoms with E-state index < -0.39 is 0 Å². The molecule has 0 bridgehead atoms. The van der Waals surface area contributed by atoms with Gasteiger partial charge in [0.1, 0.15) is 6.61 Å². The van der Waals surface area contributed by atoms with Crippen molar-refractivity contribution in [2.24, 2.45) is 0 Å². The Hall–Kier alpha value is -0.840. The number of piperidine rings is 1.